The number of sulfone groups is 1. The zero-order chi connectivity index (χ0) is 20.1. The number of benzene rings is 2. The maximum absolute atomic E-state index is 11.9. The monoisotopic (exact) mass is 403 g/mol. The number of anilines is 1. The molecule has 148 valence electrons. The normalized spacial score (nSPS) is 12.9. The van der Waals surface area contributed by atoms with Crippen molar-refractivity contribution in [3.8, 4) is 5.75 Å². The average Bonchev–Trinajstić information content (AvgIpc) is 3.12. The van der Waals surface area contributed by atoms with E-state index in [1.165, 1.54) is 29.3 Å². The van der Waals surface area contributed by atoms with Crippen LogP contribution < -0.4 is 10.1 Å². The zero-order valence-electron chi connectivity index (χ0n) is 15.4. The van der Waals surface area contributed by atoms with Crippen LogP contribution in [0, 0.1) is 0 Å². The number of hydrogen-bond acceptors (Lipinski definition) is 6. The predicted molar refractivity (Wildman–Crippen MR) is 103 cm³/mol. The molecule has 7 nitrogen and oxygen atoms in total. The molecule has 2 aromatic rings. The van der Waals surface area contributed by atoms with E-state index in [0.717, 1.165) is 25.5 Å². The summed E-state index contributed by atoms with van der Waals surface area (Å²) in [6.07, 6.45) is 4.29. The minimum Gasteiger partial charge on any atom is -0.482 e. The van der Waals surface area contributed by atoms with Gasteiger partial charge in [0.25, 0.3) is 5.91 Å². The lowest BCUT2D eigenvalue weighted by Crippen LogP contribution is -2.23. The van der Waals surface area contributed by atoms with E-state index in [1.54, 1.807) is 6.07 Å². The minimum atomic E-state index is -3.38. The number of hydrogen-bond donors (Lipinski definition) is 1. The first-order chi connectivity index (χ1) is 13.3. The van der Waals surface area contributed by atoms with Gasteiger partial charge in [-0.2, -0.15) is 0 Å². The van der Waals surface area contributed by atoms with Gasteiger partial charge in [0.15, 0.2) is 23.1 Å². The minimum absolute atomic E-state index is 0.0880. The van der Waals surface area contributed by atoms with Crippen LogP contribution in [0.25, 0.3) is 0 Å². The molecule has 3 rings (SSSR count). The summed E-state index contributed by atoms with van der Waals surface area (Å²) in [6.45, 7) is -0.787. The molecule has 0 unspecified atom stereocenters. The Hall–Kier alpha value is -2.87. The summed E-state index contributed by atoms with van der Waals surface area (Å²) in [5.41, 5.74) is 2.85. The van der Waals surface area contributed by atoms with Gasteiger partial charge in [-0.25, -0.2) is 13.2 Å². The third kappa shape index (κ3) is 5.32. The van der Waals surface area contributed by atoms with Crippen LogP contribution in [0.2, 0.25) is 0 Å². The van der Waals surface area contributed by atoms with Crippen molar-refractivity contribution in [1.29, 1.82) is 0 Å². The van der Waals surface area contributed by atoms with Gasteiger partial charge in [-0.1, -0.05) is 12.1 Å². The SMILES string of the molecule is CS(=O)(=O)c1cccc(NC(=O)COC(=O)COc2ccc3c(c2)CCC3)c1. The van der Waals surface area contributed by atoms with Crippen LogP contribution >= 0.6 is 0 Å². The van der Waals surface area contributed by atoms with E-state index >= 15 is 0 Å². The fourth-order valence-electron chi connectivity index (χ4n) is 2.97. The molecular weight excluding hydrogens is 382 g/mol. The first-order valence-electron chi connectivity index (χ1n) is 8.81. The fourth-order valence-corrected chi connectivity index (χ4v) is 3.64. The lowest BCUT2D eigenvalue weighted by molar-refractivity contribution is -0.149. The number of ether oxygens (including phenoxy) is 2. The Bertz CT molecular complexity index is 1000. The highest BCUT2D eigenvalue weighted by atomic mass is 32.2. The Morgan fingerprint density at radius 3 is 2.61 bits per heavy atom. The van der Waals surface area contributed by atoms with E-state index < -0.39 is 28.3 Å². The van der Waals surface area contributed by atoms with Crippen LogP contribution in [0.5, 0.6) is 5.75 Å². The van der Waals surface area contributed by atoms with Gasteiger partial charge >= 0.3 is 5.97 Å². The molecule has 0 saturated heterocycles. The fraction of sp³-hybridized carbons (Fsp3) is 0.300. The van der Waals surface area contributed by atoms with E-state index in [-0.39, 0.29) is 11.5 Å². The highest BCUT2D eigenvalue weighted by molar-refractivity contribution is 7.90. The zero-order valence-corrected chi connectivity index (χ0v) is 16.3. The van der Waals surface area contributed by atoms with Gasteiger partial charge in [0, 0.05) is 11.9 Å². The molecule has 0 fully saturated rings. The quantitative estimate of drug-likeness (QED) is 0.711. The molecular formula is C20H21NO6S. The lowest BCUT2D eigenvalue weighted by Gasteiger charge is -2.09. The molecule has 0 bridgehead atoms. The number of carbonyl (C=O) groups excluding carboxylic acids is 2. The molecule has 0 heterocycles. The second kappa shape index (κ2) is 8.43. The van der Waals surface area contributed by atoms with Crippen LogP contribution in [0.3, 0.4) is 0 Å². The molecule has 1 aliphatic rings. The third-order valence-electron chi connectivity index (χ3n) is 4.34. The number of nitrogens with one attached hydrogen (secondary N) is 1. The summed E-state index contributed by atoms with van der Waals surface area (Å²) in [5, 5.41) is 2.49. The number of esters is 1. The predicted octanol–water partition coefficient (Wildman–Crippen LogP) is 2.14. The molecule has 1 N–H and O–H groups in total. The van der Waals surface area contributed by atoms with E-state index in [4.69, 9.17) is 9.47 Å². The number of aryl methyl sites for hydroxylation is 2. The Morgan fingerprint density at radius 1 is 1.04 bits per heavy atom. The van der Waals surface area contributed by atoms with Crippen molar-refractivity contribution in [2.24, 2.45) is 0 Å². The summed E-state index contributed by atoms with van der Waals surface area (Å²) in [4.78, 5) is 23.8. The molecule has 0 atom stereocenters. The van der Waals surface area contributed by atoms with Gasteiger partial charge in [0.2, 0.25) is 0 Å². The van der Waals surface area contributed by atoms with Crippen LogP contribution in [0.15, 0.2) is 47.4 Å². The molecule has 0 radical (unpaired) electrons. The summed E-state index contributed by atoms with van der Waals surface area (Å²) in [7, 11) is -3.38. The third-order valence-corrected chi connectivity index (χ3v) is 5.45. The van der Waals surface area contributed by atoms with E-state index in [1.807, 2.05) is 18.2 Å². The molecule has 0 saturated carbocycles. The summed E-state index contributed by atoms with van der Waals surface area (Å²) < 4.78 is 33.4. The Labute approximate surface area is 163 Å². The Kier molecular flexibility index (Phi) is 5.99. The highest BCUT2D eigenvalue weighted by Crippen LogP contribution is 2.26. The number of amides is 1. The Morgan fingerprint density at radius 2 is 1.82 bits per heavy atom. The molecule has 8 heteroatoms. The first-order valence-corrected chi connectivity index (χ1v) is 10.7. The smallest absolute Gasteiger partial charge is 0.344 e. The number of carbonyl (C=O) groups is 2. The summed E-state index contributed by atoms with van der Waals surface area (Å²) >= 11 is 0. The average molecular weight is 403 g/mol. The molecule has 0 spiro atoms. The van der Waals surface area contributed by atoms with Crippen molar-refractivity contribution < 1.29 is 27.5 Å². The summed E-state index contributed by atoms with van der Waals surface area (Å²) in [6, 6.07) is 11.6. The number of rotatable bonds is 7. The highest BCUT2D eigenvalue weighted by Gasteiger charge is 2.13. The van der Waals surface area contributed by atoms with Crippen molar-refractivity contribution in [3.05, 3.63) is 53.6 Å². The van der Waals surface area contributed by atoms with Crippen molar-refractivity contribution in [1.82, 2.24) is 0 Å². The molecule has 1 aliphatic carbocycles. The van der Waals surface area contributed by atoms with E-state index in [0.29, 0.717) is 11.4 Å². The van der Waals surface area contributed by atoms with Gasteiger partial charge in [-0.3, -0.25) is 4.79 Å². The summed E-state index contributed by atoms with van der Waals surface area (Å²) in [5.74, 6) is -0.642. The molecule has 28 heavy (non-hydrogen) atoms. The van der Waals surface area contributed by atoms with E-state index in [9.17, 15) is 18.0 Å². The van der Waals surface area contributed by atoms with Crippen molar-refractivity contribution in [2.75, 3.05) is 24.8 Å². The Balaban J connectivity index is 1.45. The second-order valence-electron chi connectivity index (χ2n) is 6.58. The first kappa shape index (κ1) is 19.9. The van der Waals surface area contributed by atoms with Gasteiger partial charge in [-0.15, -0.1) is 0 Å². The van der Waals surface area contributed by atoms with Crippen molar-refractivity contribution in [3.63, 3.8) is 0 Å². The van der Waals surface area contributed by atoms with Gasteiger partial charge < -0.3 is 14.8 Å². The molecule has 0 aliphatic heterocycles. The molecule has 1 amide bonds. The van der Waals surface area contributed by atoms with Crippen LogP contribution in [0.4, 0.5) is 5.69 Å². The van der Waals surface area contributed by atoms with Crippen LogP contribution in [-0.4, -0.2) is 39.8 Å². The molecule has 0 aromatic heterocycles. The van der Waals surface area contributed by atoms with Crippen LogP contribution in [0.1, 0.15) is 17.5 Å². The second-order valence-corrected chi connectivity index (χ2v) is 8.60. The lowest BCUT2D eigenvalue weighted by atomic mass is 10.1. The molecule has 2 aromatic carbocycles. The maximum Gasteiger partial charge on any atom is 0.344 e. The standard InChI is InChI=1S/C20H21NO6S/c1-28(24,25)18-7-3-6-16(11-18)21-19(22)12-27-20(23)13-26-17-9-8-14-4-2-5-15(14)10-17/h3,6-11H,2,4-5,12-13H2,1H3,(H,21,22). The largest absolute Gasteiger partial charge is 0.482 e. The van der Waals surface area contributed by atoms with Gasteiger partial charge in [-0.05, 0) is 60.7 Å². The van der Waals surface area contributed by atoms with Gasteiger partial charge in [0.1, 0.15) is 5.75 Å². The number of fused-ring (bicyclic) bond motifs is 1. The van der Waals surface area contributed by atoms with Crippen LogP contribution in [-0.2, 0) is 37.0 Å². The van der Waals surface area contributed by atoms with Gasteiger partial charge in [0.05, 0.1) is 4.90 Å². The maximum atomic E-state index is 11.9. The van der Waals surface area contributed by atoms with Crippen molar-refractivity contribution in [2.45, 2.75) is 24.2 Å². The topological polar surface area (TPSA) is 98.8 Å². The van der Waals surface area contributed by atoms with Crippen molar-refractivity contribution >= 4 is 27.4 Å². The van der Waals surface area contributed by atoms with E-state index in [2.05, 4.69) is 5.32 Å².